The lowest BCUT2D eigenvalue weighted by molar-refractivity contribution is -0.134. The molecule has 1 aromatic heterocycles. The zero-order valence-corrected chi connectivity index (χ0v) is 12.4. The van der Waals surface area contributed by atoms with E-state index in [1.165, 1.54) is 5.56 Å². The van der Waals surface area contributed by atoms with Crippen LogP contribution in [0.3, 0.4) is 0 Å². The van der Waals surface area contributed by atoms with Gasteiger partial charge in [0.1, 0.15) is 11.9 Å². The fourth-order valence-corrected chi connectivity index (χ4v) is 2.29. The quantitative estimate of drug-likeness (QED) is 0.833. The Morgan fingerprint density at radius 1 is 1.35 bits per heavy atom. The van der Waals surface area contributed by atoms with E-state index < -0.39 is 0 Å². The molecular formula is C15H21N3O2. The van der Waals surface area contributed by atoms with E-state index in [1.54, 1.807) is 6.20 Å². The number of amides is 2. The Labute approximate surface area is 119 Å². The van der Waals surface area contributed by atoms with E-state index in [2.05, 4.69) is 31.1 Å². The van der Waals surface area contributed by atoms with Crippen molar-refractivity contribution in [1.82, 2.24) is 10.3 Å². The van der Waals surface area contributed by atoms with Gasteiger partial charge >= 0.3 is 0 Å². The number of imide groups is 1. The van der Waals surface area contributed by atoms with E-state index in [0.717, 1.165) is 5.82 Å². The number of rotatable bonds is 2. The van der Waals surface area contributed by atoms with Gasteiger partial charge in [-0.2, -0.15) is 0 Å². The molecule has 0 saturated carbocycles. The number of aromatic nitrogens is 1. The molecule has 0 aromatic carbocycles. The lowest BCUT2D eigenvalue weighted by Gasteiger charge is -2.31. The van der Waals surface area contributed by atoms with Gasteiger partial charge in [0, 0.05) is 19.7 Å². The SMILES string of the molecule is CN(c1cc(C(C)(C)C)ccn1)C1CCC(=O)NC1=O. The molecule has 1 aliphatic heterocycles. The zero-order chi connectivity index (χ0) is 14.9. The van der Waals surface area contributed by atoms with Gasteiger partial charge in [-0.3, -0.25) is 14.9 Å². The molecule has 0 spiro atoms. The number of hydrogen-bond acceptors (Lipinski definition) is 4. The van der Waals surface area contributed by atoms with Gasteiger partial charge in [-0.1, -0.05) is 20.8 Å². The molecule has 5 heteroatoms. The predicted octanol–water partition coefficient (Wildman–Crippen LogP) is 1.62. The standard InChI is InChI=1S/C15H21N3O2/c1-15(2,3)10-7-8-16-12(9-10)18(4)11-5-6-13(19)17-14(11)20/h7-9,11H,5-6H2,1-4H3,(H,17,19,20). The molecule has 0 aliphatic carbocycles. The van der Waals surface area contributed by atoms with E-state index in [1.807, 2.05) is 24.1 Å². The number of nitrogens with one attached hydrogen (secondary N) is 1. The Bertz CT molecular complexity index is 534. The summed E-state index contributed by atoms with van der Waals surface area (Å²) in [7, 11) is 1.84. The maximum absolute atomic E-state index is 11.9. The molecule has 1 aromatic rings. The summed E-state index contributed by atoms with van der Waals surface area (Å²) in [6.45, 7) is 6.41. The molecule has 0 bridgehead atoms. The van der Waals surface area contributed by atoms with Gasteiger partial charge in [-0.25, -0.2) is 4.98 Å². The second-order valence-corrected chi connectivity index (χ2v) is 6.23. The second-order valence-electron chi connectivity index (χ2n) is 6.23. The van der Waals surface area contributed by atoms with Crippen LogP contribution < -0.4 is 10.2 Å². The zero-order valence-electron chi connectivity index (χ0n) is 12.4. The van der Waals surface area contributed by atoms with Crippen molar-refractivity contribution < 1.29 is 9.59 Å². The van der Waals surface area contributed by atoms with E-state index >= 15 is 0 Å². The average molecular weight is 275 g/mol. The first-order chi connectivity index (χ1) is 9.29. The Morgan fingerprint density at radius 3 is 2.65 bits per heavy atom. The van der Waals surface area contributed by atoms with Crippen molar-refractivity contribution >= 4 is 17.6 Å². The first kappa shape index (κ1) is 14.5. The topological polar surface area (TPSA) is 62.3 Å². The van der Waals surface area contributed by atoms with E-state index in [4.69, 9.17) is 0 Å². The highest BCUT2D eigenvalue weighted by Gasteiger charge is 2.30. The lowest BCUT2D eigenvalue weighted by atomic mass is 9.87. The minimum Gasteiger partial charge on any atom is -0.348 e. The molecule has 2 amide bonds. The fourth-order valence-electron chi connectivity index (χ4n) is 2.29. The molecule has 108 valence electrons. The minimum absolute atomic E-state index is 0.0311. The second kappa shape index (κ2) is 5.23. The number of piperidine rings is 1. The van der Waals surface area contributed by atoms with Crippen LogP contribution in [-0.4, -0.2) is 29.9 Å². The van der Waals surface area contributed by atoms with E-state index in [9.17, 15) is 9.59 Å². The Balaban J connectivity index is 2.23. The number of carbonyl (C=O) groups is 2. The van der Waals surface area contributed by atoms with Crippen molar-refractivity contribution in [2.24, 2.45) is 0 Å². The normalized spacial score (nSPS) is 19.7. The summed E-state index contributed by atoms with van der Waals surface area (Å²) in [6.07, 6.45) is 2.67. The first-order valence-corrected chi connectivity index (χ1v) is 6.82. The molecule has 1 saturated heterocycles. The summed E-state index contributed by atoms with van der Waals surface area (Å²) in [5.74, 6) is 0.315. The average Bonchev–Trinajstić information content (AvgIpc) is 2.37. The molecule has 20 heavy (non-hydrogen) atoms. The van der Waals surface area contributed by atoms with Crippen molar-refractivity contribution in [3.8, 4) is 0 Å². The summed E-state index contributed by atoms with van der Waals surface area (Å²) >= 11 is 0. The number of likely N-dealkylation sites (N-methyl/N-ethyl adjacent to an activating group) is 1. The van der Waals surface area contributed by atoms with Crippen LogP contribution in [0.25, 0.3) is 0 Å². The smallest absolute Gasteiger partial charge is 0.249 e. The number of pyridine rings is 1. The van der Waals surface area contributed by atoms with Crippen LogP contribution in [0.15, 0.2) is 18.3 Å². The highest BCUT2D eigenvalue weighted by atomic mass is 16.2. The largest absolute Gasteiger partial charge is 0.348 e. The summed E-state index contributed by atoms with van der Waals surface area (Å²) in [6, 6.07) is 3.65. The van der Waals surface area contributed by atoms with Crippen LogP contribution in [0.5, 0.6) is 0 Å². The van der Waals surface area contributed by atoms with Crippen LogP contribution in [0.4, 0.5) is 5.82 Å². The van der Waals surface area contributed by atoms with Crippen molar-refractivity contribution in [1.29, 1.82) is 0 Å². The minimum atomic E-state index is -0.338. The molecule has 1 fully saturated rings. The van der Waals surface area contributed by atoms with Crippen molar-refractivity contribution in [2.75, 3.05) is 11.9 Å². The Kier molecular flexibility index (Phi) is 3.79. The van der Waals surface area contributed by atoms with Crippen LogP contribution >= 0.6 is 0 Å². The third-order valence-corrected chi connectivity index (χ3v) is 3.65. The summed E-state index contributed by atoms with van der Waals surface area (Å²) in [4.78, 5) is 29.3. The van der Waals surface area contributed by atoms with Gasteiger partial charge in [0.05, 0.1) is 0 Å². The van der Waals surface area contributed by atoms with Gasteiger partial charge in [-0.05, 0) is 29.5 Å². The molecular weight excluding hydrogens is 254 g/mol. The molecule has 2 rings (SSSR count). The van der Waals surface area contributed by atoms with Gasteiger partial charge < -0.3 is 4.90 Å². The van der Waals surface area contributed by atoms with Crippen LogP contribution in [0, 0.1) is 0 Å². The molecule has 1 unspecified atom stereocenters. The number of hydrogen-bond donors (Lipinski definition) is 1. The lowest BCUT2D eigenvalue weighted by Crippen LogP contribution is -2.51. The summed E-state index contributed by atoms with van der Waals surface area (Å²) < 4.78 is 0. The maximum Gasteiger partial charge on any atom is 0.249 e. The predicted molar refractivity (Wildman–Crippen MR) is 77.5 cm³/mol. The molecule has 1 atom stereocenters. The summed E-state index contributed by atoms with van der Waals surface area (Å²) in [5.41, 5.74) is 1.20. The van der Waals surface area contributed by atoms with E-state index in [0.29, 0.717) is 12.8 Å². The highest BCUT2D eigenvalue weighted by molar-refractivity contribution is 6.01. The Morgan fingerprint density at radius 2 is 2.05 bits per heavy atom. The van der Waals surface area contributed by atoms with Gasteiger partial charge in [-0.15, -0.1) is 0 Å². The monoisotopic (exact) mass is 275 g/mol. The summed E-state index contributed by atoms with van der Waals surface area (Å²) in [5, 5.41) is 2.38. The first-order valence-electron chi connectivity index (χ1n) is 6.82. The van der Waals surface area contributed by atoms with Gasteiger partial charge in [0.15, 0.2) is 0 Å². The number of nitrogens with zero attached hydrogens (tertiary/aromatic N) is 2. The van der Waals surface area contributed by atoms with Crippen LogP contribution in [0.2, 0.25) is 0 Å². The van der Waals surface area contributed by atoms with Crippen molar-refractivity contribution in [3.63, 3.8) is 0 Å². The van der Waals surface area contributed by atoms with Gasteiger partial charge in [0.2, 0.25) is 11.8 Å². The van der Waals surface area contributed by atoms with Gasteiger partial charge in [0.25, 0.3) is 0 Å². The third kappa shape index (κ3) is 2.98. The van der Waals surface area contributed by atoms with Crippen LogP contribution in [-0.2, 0) is 15.0 Å². The van der Waals surface area contributed by atoms with E-state index in [-0.39, 0.29) is 23.3 Å². The number of anilines is 1. The Hall–Kier alpha value is -1.91. The maximum atomic E-state index is 11.9. The highest BCUT2D eigenvalue weighted by Crippen LogP contribution is 2.26. The van der Waals surface area contributed by atoms with Crippen molar-refractivity contribution in [2.45, 2.75) is 45.1 Å². The van der Waals surface area contributed by atoms with Crippen molar-refractivity contribution in [3.05, 3.63) is 23.9 Å². The molecule has 1 aliphatic rings. The van der Waals surface area contributed by atoms with Crippen LogP contribution in [0.1, 0.15) is 39.2 Å². The molecule has 2 heterocycles. The fraction of sp³-hybridized carbons (Fsp3) is 0.533. The molecule has 0 radical (unpaired) electrons. The molecule has 1 N–H and O–H groups in total. The third-order valence-electron chi connectivity index (χ3n) is 3.65. The molecule has 5 nitrogen and oxygen atoms in total. The number of carbonyl (C=O) groups excluding carboxylic acids is 2.